The molecule has 0 atom stereocenters. The predicted molar refractivity (Wildman–Crippen MR) is 141 cm³/mol. The molecule has 1 N–H and O–H groups in total. The number of oxime groups is 1. The molecular formula is C28H25NO5S2. The first-order chi connectivity index (χ1) is 16.8. The molecule has 0 amide bonds. The number of nitrogens with zero attached hydrogens (tertiary/aromatic N) is 1. The van der Waals surface area contributed by atoms with E-state index in [1.54, 1.807) is 60.7 Å². The van der Waals surface area contributed by atoms with E-state index in [1.165, 1.54) is 24.3 Å². The van der Waals surface area contributed by atoms with Gasteiger partial charge in [-0.05, 0) is 46.5 Å². The molecule has 0 aliphatic heterocycles. The van der Waals surface area contributed by atoms with E-state index in [2.05, 4.69) is 5.16 Å². The van der Waals surface area contributed by atoms with Gasteiger partial charge in [0.1, 0.15) is 5.71 Å². The Balaban J connectivity index is 0.00000304. The van der Waals surface area contributed by atoms with Crippen molar-refractivity contribution in [1.82, 2.24) is 0 Å². The first-order valence-electron chi connectivity index (χ1n) is 10.8. The Morgan fingerprint density at radius 1 is 0.556 bits per heavy atom. The quantitative estimate of drug-likeness (QED) is 0.237. The lowest BCUT2D eigenvalue weighted by molar-refractivity contribution is 0.320. The summed E-state index contributed by atoms with van der Waals surface area (Å²) in [5.74, 6) is -0.319. The summed E-state index contributed by atoms with van der Waals surface area (Å²) in [4.78, 5) is 0.206. The maximum Gasteiger partial charge on any atom is 0.182 e. The zero-order valence-corrected chi connectivity index (χ0v) is 20.1. The van der Waals surface area contributed by atoms with Gasteiger partial charge in [-0.1, -0.05) is 85.4 Å². The monoisotopic (exact) mass is 519 g/mol. The molecule has 0 saturated heterocycles. The fourth-order valence-electron chi connectivity index (χ4n) is 4.30. The summed E-state index contributed by atoms with van der Waals surface area (Å²) in [5, 5.41) is 13.2. The Bertz CT molecular complexity index is 1540. The van der Waals surface area contributed by atoms with Crippen molar-refractivity contribution in [3.8, 4) is 11.1 Å². The number of benzene rings is 4. The molecule has 0 aromatic heterocycles. The Hall–Kier alpha value is -3.75. The molecule has 0 unspecified atom stereocenters. The van der Waals surface area contributed by atoms with Crippen molar-refractivity contribution >= 4 is 25.4 Å². The van der Waals surface area contributed by atoms with Crippen molar-refractivity contribution in [3.05, 3.63) is 119 Å². The van der Waals surface area contributed by atoms with Crippen LogP contribution < -0.4 is 0 Å². The van der Waals surface area contributed by atoms with Gasteiger partial charge in [0.05, 0.1) is 21.3 Å². The molecule has 6 nitrogen and oxygen atoms in total. The second-order valence-corrected chi connectivity index (χ2v) is 12.3. The molecule has 0 bridgehead atoms. The zero-order chi connectivity index (χ0) is 24.6. The van der Waals surface area contributed by atoms with Crippen LogP contribution in [0.3, 0.4) is 0 Å². The highest BCUT2D eigenvalue weighted by Gasteiger charge is 2.30. The normalized spacial score (nSPS) is 12.4. The van der Waals surface area contributed by atoms with Crippen molar-refractivity contribution in [1.29, 1.82) is 0 Å². The summed E-state index contributed by atoms with van der Waals surface area (Å²) in [6.07, 6.45) is 0. The Morgan fingerprint density at radius 3 is 1.31 bits per heavy atom. The van der Waals surface area contributed by atoms with Gasteiger partial charge in [-0.2, -0.15) is 0 Å². The van der Waals surface area contributed by atoms with Gasteiger partial charge in [0.15, 0.2) is 19.7 Å². The minimum Gasteiger partial charge on any atom is -0.410 e. The summed E-state index contributed by atoms with van der Waals surface area (Å²) >= 11 is 0. The van der Waals surface area contributed by atoms with Crippen molar-refractivity contribution in [2.75, 3.05) is 0 Å². The van der Waals surface area contributed by atoms with E-state index in [4.69, 9.17) is 0 Å². The van der Waals surface area contributed by atoms with Gasteiger partial charge < -0.3 is 5.21 Å². The minimum atomic E-state index is -3.65. The molecule has 4 aromatic rings. The van der Waals surface area contributed by atoms with Crippen LogP contribution in [0.25, 0.3) is 11.1 Å². The first kappa shape index (κ1) is 25.3. The maximum absolute atomic E-state index is 13.0. The second kappa shape index (κ2) is 9.72. The molecule has 0 fully saturated rings. The summed E-state index contributed by atoms with van der Waals surface area (Å²) in [5.41, 5.74) is 3.71. The Kier molecular flexibility index (Phi) is 6.84. The maximum atomic E-state index is 13.0. The van der Waals surface area contributed by atoms with Gasteiger partial charge in [0, 0.05) is 11.1 Å². The third kappa shape index (κ3) is 4.69. The van der Waals surface area contributed by atoms with Crippen LogP contribution in [0.15, 0.2) is 112 Å². The fourth-order valence-corrected chi connectivity index (χ4v) is 7.04. The van der Waals surface area contributed by atoms with Crippen LogP contribution >= 0.6 is 0 Å². The highest BCUT2D eigenvalue weighted by atomic mass is 32.2. The molecule has 0 radical (unpaired) electrons. The third-order valence-electron chi connectivity index (χ3n) is 6.00. The number of hydrogen-bond donors (Lipinski definition) is 1. The number of sulfone groups is 2. The summed E-state index contributed by atoms with van der Waals surface area (Å²) < 4.78 is 52.2. The smallest absolute Gasteiger partial charge is 0.182 e. The van der Waals surface area contributed by atoms with Crippen molar-refractivity contribution in [2.45, 2.75) is 28.7 Å². The van der Waals surface area contributed by atoms with E-state index >= 15 is 0 Å². The molecule has 0 saturated carbocycles. The number of fused-ring (bicyclic) bond motifs is 3. The van der Waals surface area contributed by atoms with Gasteiger partial charge >= 0.3 is 0 Å². The SMILES string of the molecule is C.O=S(=O)(Cc1ccccc1)c1ccc2c(c1)C(=NO)c1cc(S(=O)(=O)Cc3ccccc3)ccc1-2. The molecular weight excluding hydrogens is 494 g/mol. The lowest BCUT2D eigenvalue weighted by Crippen LogP contribution is -2.08. The summed E-state index contributed by atoms with van der Waals surface area (Å²) in [6.45, 7) is 0. The van der Waals surface area contributed by atoms with Crippen LogP contribution in [0.4, 0.5) is 0 Å². The second-order valence-electron chi connectivity index (χ2n) is 8.35. The average Bonchev–Trinajstić information content (AvgIpc) is 3.17. The number of hydrogen-bond acceptors (Lipinski definition) is 6. The largest absolute Gasteiger partial charge is 0.410 e. The van der Waals surface area contributed by atoms with E-state index in [0.29, 0.717) is 33.4 Å². The topological polar surface area (TPSA) is 101 Å². The van der Waals surface area contributed by atoms with Gasteiger partial charge in [-0.3, -0.25) is 0 Å². The third-order valence-corrected chi connectivity index (χ3v) is 9.37. The van der Waals surface area contributed by atoms with Crippen LogP contribution in [-0.2, 0) is 31.2 Å². The molecule has 1 aliphatic carbocycles. The van der Waals surface area contributed by atoms with E-state index in [0.717, 1.165) is 0 Å². The molecule has 0 heterocycles. The van der Waals surface area contributed by atoms with E-state index in [1.807, 2.05) is 12.1 Å². The Labute approximate surface area is 211 Å². The van der Waals surface area contributed by atoms with Crippen molar-refractivity contribution in [3.63, 3.8) is 0 Å². The summed E-state index contributed by atoms with van der Waals surface area (Å²) in [7, 11) is -7.30. The van der Waals surface area contributed by atoms with Gasteiger partial charge in [0.2, 0.25) is 0 Å². The van der Waals surface area contributed by atoms with Crippen molar-refractivity contribution in [2.24, 2.45) is 5.16 Å². The van der Waals surface area contributed by atoms with Crippen LogP contribution in [0.5, 0.6) is 0 Å². The van der Waals surface area contributed by atoms with E-state index in [9.17, 15) is 22.0 Å². The molecule has 5 rings (SSSR count). The summed E-state index contributed by atoms with van der Waals surface area (Å²) in [6, 6.07) is 27.1. The van der Waals surface area contributed by atoms with E-state index < -0.39 is 19.7 Å². The van der Waals surface area contributed by atoms with Crippen LogP contribution in [0, 0.1) is 0 Å². The van der Waals surface area contributed by atoms with Crippen molar-refractivity contribution < 1.29 is 22.0 Å². The molecule has 8 heteroatoms. The van der Waals surface area contributed by atoms with Gasteiger partial charge in [-0.25, -0.2) is 16.8 Å². The van der Waals surface area contributed by atoms with Crippen LogP contribution in [-0.4, -0.2) is 27.8 Å². The molecule has 0 spiro atoms. The predicted octanol–water partition coefficient (Wildman–Crippen LogP) is 5.48. The molecule has 184 valence electrons. The molecule has 1 aliphatic rings. The fraction of sp³-hybridized carbons (Fsp3) is 0.107. The Morgan fingerprint density at radius 2 is 0.944 bits per heavy atom. The number of rotatable bonds is 6. The standard InChI is InChI=1S/C27H21NO5S2.CH4/c29-28-27-25-15-21(34(30,31)17-19-7-3-1-4-8-19)11-13-23(25)24-14-12-22(16-26(24)27)35(32,33)18-20-9-5-2-6-10-20;/h1-16,29H,17-18H2;1H4. The van der Waals surface area contributed by atoms with Gasteiger partial charge in [0.25, 0.3) is 0 Å². The van der Waals surface area contributed by atoms with E-state index in [-0.39, 0.29) is 34.4 Å². The lowest BCUT2D eigenvalue weighted by atomic mass is 10.1. The molecule has 4 aromatic carbocycles. The van der Waals surface area contributed by atoms with Gasteiger partial charge in [-0.15, -0.1) is 0 Å². The first-order valence-corrected chi connectivity index (χ1v) is 14.1. The van der Waals surface area contributed by atoms with Crippen LogP contribution in [0.1, 0.15) is 29.7 Å². The molecule has 36 heavy (non-hydrogen) atoms. The minimum absolute atomic E-state index is 0. The zero-order valence-electron chi connectivity index (χ0n) is 18.5. The lowest BCUT2D eigenvalue weighted by Gasteiger charge is -2.08. The average molecular weight is 520 g/mol. The van der Waals surface area contributed by atoms with Crippen LogP contribution in [0.2, 0.25) is 0 Å². The highest BCUT2D eigenvalue weighted by Crippen LogP contribution is 2.39. The highest BCUT2D eigenvalue weighted by molar-refractivity contribution is 7.91.